The van der Waals surface area contributed by atoms with E-state index >= 15 is 0 Å². The third-order valence-electron chi connectivity index (χ3n) is 6.62. The van der Waals surface area contributed by atoms with Gasteiger partial charge in [0.15, 0.2) is 6.10 Å². The van der Waals surface area contributed by atoms with E-state index in [9.17, 15) is 14.7 Å². The van der Waals surface area contributed by atoms with Crippen LogP contribution >= 0.6 is 11.6 Å². The number of benzene rings is 2. The van der Waals surface area contributed by atoms with Gasteiger partial charge in [-0.1, -0.05) is 30.7 Å². The lowest BCUT2D eigenvalue weighted by Gasteiger charge is -2.38. The van der Waals surface area contributed by atoms with Crippen LogP contribution in [0.15, 0.2) is 30.3 Å². The van der Waals surface area contributed by atoms with Crippen molar-refractivity contribution in [1.82, 2.24) is 4.57 Å². The van der Waals surface area contributed by atoms with E-state index in [1.807, 2.05) is 58.6 Å². The van der Waals surface area contributed by atoms with Crippen LogP contribution in [0.3, 0.4) is 0 Å². The average Bonchev–Trinajstić information content (AvgIpc) is 3.09. The van der Waals surface area contributed by atoms with E-state index in [-0.39, 0.29) is 11.9 Å². The van der Waals surface area contributed by atoms with Gasteiger partial charge in [-0.25, -0.2) is 4.79 Å². The van der Waals surface area contributed by atoms with Crippen LogP contribution in [-0.2, 0) is 20.9 Å². The minimum Gasteiger partial charge on any atom is -0.479 e. The third-order valence-corrected chi connectivity index (χ3v) is 6.87. The summed E-state index contributed by atoms with van der Waals surface area (Å²) in [5.41, 5.74) is 5.05. The fraction of sp³-hybridized carbons (Fsp3) is 0.429. The molecule has 186 valence electrons. The Bertz CT molecular complexity index is 1320. The van der Waals surface area contributed by atoms with E-state index in [1.54, 1.807) is 12.1 Å². The molecule has 0 saturated carbocycles. The Kier molecular flexibility index (Phi) is 6.49. The van der Waals surface area contributed by atoms with Gasteiger partial charge in [0.05, 0.1) is 22.8 Å². The fourth-order valence-corrected chi connectivity index (χ4v) is 5.37. The second-order valence-electron chi connectivity index (χ2n) is 10.3. The summed E-state index contributed by atoms with van der Waals surface area (Å²) in [4.78, 5) is 27.7. The van der Waals surface area contributed by atoms with Crippen molar-refractivity contribution in [3.63, 3.8) is 0 Å². The zero-order chi connectivity index (χ0) is 25.8. The summed E-state index contributed by atoms with van der Waals surface area (Å²) in [5.74, 6) is -1.06. The van der Waals surface area contributed by atoms with E-state index in [1.165, 1.54) is 0 Å². The highest BCUT2D eigenvalue weighted by molar-refractivity contribution is 6.30. The molecule has 6 nitrogen and oxygen atoms in total. The van der Waals surface area contributed by atoms with Gasteiger partial charge in [0.25, 0.3) is 0 Å². The van der Waals surface area contributed by atoms with E-state index < -0.39 is 17.7 Å². The van der Waals surface area contributed by atoms with Gasteiger partial charge in [0.1, 0.15) is 0 Å². The molecule has 4 rings (SSSR count). The highest BCUT2D eigenvalue weighted by Crippen LogP contribution is 2.48. The van der Waals surface area contributed by atoms with Crippen molar-refractivity contribution >= 4 is 40.1 Å². The Hall–Kier alpha value is -2.83. The number of amides is 1. The molecule has 0 aliphatic carbocycles. The van der Waals surface area contributed by atoms with Crippen molar-refractivity contribution in [2.75, 3.05) is 4.90 Å². The van der Waals surface area contributed by atoms with Crippen molar-refractivity contribution in [2.24, 2.45) is 0 Å². The van der Waals surface area contributed by atoms with Crippen LogP contribution in [0.2, 0.25) is 5.02 Å². The summed E-state index contributed by atoms with van der Waals surface area (Å²) >= 11 is 6.19. The SMILES string of the molecule is CCC(=O)N1c2c(C)c([C@H](OC(C)(C)C)C(=O)O)c(-c3ccc(Cl)cc3)c3cc(C)n(c23)C[C@@H]1C. The first-order valence-electron chi connectivity index (χ1n) is 12.0. The summed E-state index contributed by atoms with van der Waals surface area (Å²) in [6, 6.07) is 9.46. The predicted molar refractivity (Wildman–Crippen MR) is 140 cm³/mol. The Morgan fingerprint density at radius 1 is 1.20 bits per heavy atom. The summed E-state index contributed by atoms with van der Waals surface area (Å²) in [6.07, 6.45) is -0.860. The molecule has 1 amide bonds. The fourth-order valence-electron chi connectivity index (χ4n) is 5.24. The van der Waals surface area contributed by atoms with Crippen molar-refractivity contribution in [2.45, 2.75) is 79.2 Å². The Labute approximate surface area is 211 Å². The van der Waals surface area contributed by atoms with Gasteiger partial charge >= 0.3 is 5.97 Å². The number of nitrogens with zero attached hydrogens (tertiary/aromatic N) is 2. The molecule has 0 spiro atoms. The maximum absolute atomic E-state index is 13.2. The van der Waals surface area contributed by atoms with Gasteiger partial charge in [-0.2, -0.15) is 0 Å². The lowest BCUT2D eigenvalue weighted by atomic mass is 9.86. The lowest BCUT2D eigenvalue weighted by Crippen LogP contribution is -2.44. The van der Waals surface area contributed by atoms with Gasteiger partial charge in [0, 0.05) is 34.6 Å². The van der Waals surface area contributed by atoms with Gasteiger partial charge in [-0.15, -0.1) is 0 Å². The number of anilines is 1. The van der Waals surface area contributed by atoms with Gasteiger partial charge in [-0.05, 0) is 76.4 Å². The summed E-state index contributed by atoms with van der Waals surface area (Å²) < 4.78 is 8.41. The summed E-state index contributed by atoms with van der Waals surface area (Å²) in [7, 11) is 0. The number of aromatic nitrogens is 1. The number of ether oxygens (including phenoxy) is 1. The zero-order valence-corrected chi connectivity index (χ0v) is 22.2. The first kappa shape index (κ1) is 25.3. The molecule has 1 aromatic heterocycles. The second-order valence-corrected chi connectivity index (χ2v) is 10.8. The quantitative estimate of drug-likeness (QED) is 0.428. The van der Waals surface area contributed by atoms with Crippen molar-refractivity contribution < 1.29 is 19.4 Å². The van der Waals surface area contributed by atoms with Crippen LogP contribution in [0.4, 0.5) is 5.69 Å². The third kappa shape index (κ3) is 4.34. The zero-order valence-electron chi connectivity index (χ0n) is 21.4. The van der Waals surface area contributed by atoms with Crippen molar-refractivity contribution in [1.29, 1.82) is 0 Å². The number of carbonyl (C=O) groups is 2. The molecule has 35 heavy (non-hydrogen) atoms. The van der Waals surface area contributed by atoms with Gasteiger partial charge < -0.3 is 19.3 Å². The molecule has 0 saturated heterocycles. The highest BCUT2D eigenvalue weighted by atomic mass is 35.5. The number of aliphatic carboxylic acids is 1. The molecule has 1 N–H and O–H groups in total. The molecule has 1 aliphatic rings. The summed E-state index contributed by atoms with van der Waals surface area (Å²) in [5, 5.41) is 11.9. The van der Waals surface area contributed by atoms with Crippen LogP contribution in [-0.4, -0.2) is 33.2 Å². The van der Waals surface area contributed by atoms with Crippen LogP contribution in [0.25, 0.3) is 22.0 Å². The predicted octanol–water partition coefficient (Wildman–Crippen LogP) is 6.66. The van der Waals surface area contributed by atoms with E-state index in [0.29, 0.717) is 23.6 Å². The standard InChI is InChI=1S/C28H33ClN2O4/c1-8-21(32)31-16(3)14-30-15(2)13-20-23(18-9-11-19(29)12-10-18)22(17(4)24(31)25(20)30)26(27(33)34)35-28(5,6)7/h9-13,16,26H,8,14H2,1-7H3,(H,33,34)/t16-,26-/m0/s1. The van der Waals surface area contributed by atoms with Crippen LogP contribution in [0, 0.1) is 13.8 Å². The first-order chi connectivity index (χ1) is 16.4. The number of carboxylic acid groups (broad SMARTS) is 1. The smallest absolute Gasteiger partial charge is 0.337 e. The van der Waals surface area contributed by atoms with E-state index in [0.717, 1.165) is 39.0 Å². The maximum Gasteiger partial charge on any atom is 0.337 e. The minimum atomic E-state index is -1.22. The molecule has 0 bridgehead atoms. The molecular formula is C28H33ClN2O4. The largest absolute Gasteiger partial charge is 0.479 e. The van der Waals surface area contributed by atoms with E-state index in [2.05, 4.69) is 17.6 Å². The molecule has 2 heterocycles. The molecule has 2 atom stereocenters. The number of carbonyl (C=O) groups excluding carboxylic acids is 1. The second kappa shape index (κ2) is 8.99. The Balaban J connectivity index is 2.19. The Morgan fingerprint density at radius 3 is 2.37 bits per heavy atom. The average molecular weight is 497 g/mol. The summed E-state index contributed by atoms with van der Waals surface area (Å²) in [6.45, 7) is 14.1. The monoisotopic (exact) mass is 496 g/mol. The number of rotatable bonds is 5. The number of halogens is 1. The number of carboxylic acids is 1. The number of hydrogen-bond acceptors (Lipinski definition) is 3. The Morgan fingerprint density at radius 2 is 1.83 bits per heavy atom. The van der Waals surface area contributed by atoms with Gasteiger partial charge in [0.2, 0.25) is 5.91 Å². The van der Waals surface area contributed by atoms with Crippen molar-refractivity contribution in [3.05, 3.63) is 52.2 Å². The molecule has 7 heteroatoms. The molecular weight excluding hydrogens is 464 g/mol. The first-order valence-corrected chi connectivity index (χ1v) is 12.4. The molecule has 1 aliphatic heterocycles. The highest BCUT2D eigenvalue weighted by Gasteiger charge is 2.38. The molecule has 0 fully saturated rings. The maximum atomic E-state index is 13.2. The topological polar surface area (TPSA) is 71.8 Å². The van der Waals surface area contributed by atoms with E-state index in [4.69, 9.17) is 16.3 Å². The molecule has 0 radical (unpaired) electrons. The minimum absolute atomic E-state index is 0.0146. The van der Waals surface area contributed by atoms with Crippen LogP contribution in [0.5, 0.6) is 0 Å². The lowest BCUT2D eigenvalue weighted by molar-refractivity contribution is -0.160. The van der Waals surface area contributed by atoms with Gasteiger partial charge in [-0.3, -0.25) is 4.79 Å². The molecule has 3 aromatic rings. The van der Waals surface area contributed by atoms with Crippen molar-refractivity contribution in [3.8, 4) is 11.1 Å². The number of hydrogen-bond donors (Lipinski definition) is 1. The number of aryl methyl sites for hydroxylation is 1. The molecule has 2 aromatic carbocycles. The van der Waals surface area contributed by atoms with Crippen LogP contribution in [0.1, 0.15) is 64.0 Å². The molecule has 0 unspecified atom stereocenters. The van der Waals surface area contributed by atoms with Crippen LogP contribution < -0.4 is 4.90 Å². The normalized spacial score (nSPS) is 16.6.